The molecule has 1 N–H and O–H groups in total. The van der Waals surface area contributed by atoms with Crippen LogP contribution in [0.3, 0.4) is 0 Å². The maximum Gasteiger partial charge on any atom is 0.00807 e. The molecule has 3 fully saturated rings. The second kappa shape index (κ2) is 5.97. The Morgan fingerprint density at radius 1 is 0.750 bits per heavy atom. The highest BCUT2D eigenvalue weighted by atomic mass is 35.5. The lowest BCUT2D eigenvalue weighted by Gasteiger charge is -2.32. The van der Waals surface area contributed by atoms with Crippen molar-refractivity contribution in [1.82, 2.24) is 5.32 Å². The molecule has 3 heteroatoms. The van der Waals surface area contributed by atoms with Crippen LogP contribution < -0.4 is 5.32 Å². The largest absolute Gasteiger partial charge is 0.311 e. The Balaban J connectivity index is 0.000000963. The number of halogens is 1. The highest BCUT2D eigenvalue weighted by Crippen LogP contribution is 2.39. The van der Waals surface area contributed by atoms with Crippen LogP contribution in [0.2, 0.25) is 0 Å². The Bertz CT molecular complexity index is 206. The zero-order chi connectivity index (χ0) is 10.1. The molecule has 2 heterocycles. The van der Waals surface area contributed by atoms with Gasteiger partial charge < -0.3 is 5.32 Å². The second-order valence-electron chi connectivity index (χ2n) is 5.63. The molecule has 2 atom stereocenters. The first-order valence-corrected chi connectivity index (χ1v) is 7.76. The molecule has 0 aromatic rings. The lowest BCUT2D eigenvalue weighted by Crippen LogP contribution is -2.39. The van der Waals surface area contributed by atoms with E-state index in [0.717, 1.165) is 22.6 Å². The van der Waals surface area contributed by atoms with E-state index in [-0.39, 0.29) is 12.4 Å². The van der Waals surface area contributed by atoms with Gasteiger partial charge in [0.25, 0.3) is 0 Å². The molecule has 3 aliphatic rings. The lowest BCUT2D eigenvalue weighted by atomic mass is 10.0. The monoisotopic (exact) mass is 261 g/mol. The molecule has 0 aromatic carbocycles. The van der Waals surface area contributed by atoms with Crippen LogP contribution in [0.1, 0.15) is 57.8 Å². The van der Waals surface area contributed by atoms with E-state index >= 15 is 0 Å². The molecule has 0 amide bonds. The molecule has 0 radical (unpaired) electrons. The van der Waals surface area contributed by atoms with Crippen molar-refractivity contribution in [3.63, 3.8) is 0 Å². The first-order valence-electron chi connectivity index (χ1n) is 6.81. The summed E-state index contributed by atoms with van der Waals surface area (Å²) in [5.41, 5.74) is 0. The quantitative estimate of drug-likeness (QED) is 0.813. The number of hydrogen-bond acceptors (Lipinski definition) is 2. The van der Waals surface area contributed by atoms with E-state index < -0.39 is 0 Å². The van der Waals surface area contributed by atoms with Crippen molar-refractivity contribution in [2.24, 2.45) is 0 Å². The van der Waals surface area contributed by atoms with Gasteiger partial charge in [0, 0.05) is 22.6 Å². The van der Waals surface area contributed by atoms with Crippen LogP contribution in [0, 0.1) is 0 Å². The summed E-state index contributed by atoms with van der Waals surface area (Å²) in [6.45, 7) is 0. The molecule has 2 saturated heterocycles. The third-order valence-electron chi connectivity index (χ3n) is 4.37. The fourth-order valence-electron chi connectivity index (χ4n) is 3.59. The van der Waals surface area contributed by atoms with Gasteiger partial charge in [0.1, 0.15) is 0 Å². The molecular formula is C13H24ClNS. The van der Waals surface area contributed by atoms with Gasteiger partial charge in [-0.05, 0) is 38.5 Å². The lowest BCUT2D eigenvalue weighted by molar-refractivity contribution is 0.412. The molecule has 16 heavy (non-hydrogen) atoms. The summed E-state index contributed by atoms with van der Waals surface area (Å²) in [6.07, 6.45) is 13.3. The minimum Gasteiger partial charge on any atom is -0.311 e. The molecule has 94 valence electrons. The van der Waals surface area contributed by atoms with Gasteiger partial charge in [0.15, 0.2) is 0 Å². The van der Waals surface area contributed by atoms with Gasteiger partial charge in [0.2, 0.25) is 0 Å². The smallest absolute Gasteiger partial charge is 0.00807 e. The third-order valence-corrected chi connectivity index (χ3v) is 5.99. The normalized spacial score (nSPS) is 39.4. The predicted octanol–water partition coefficient (Wildman–Crippen LogP) is 3.76. The van der Waals surface area contributed by atoms with Crippen molar-refractivity contribution >= 4 is 24.2 Å². The zero-order valence-corrected chi connectivity index (χ0v) is 11.6. The molecular weight excluding hydrogens is 238 g/mol. The molecule has 2 bridgehead atoms. The number of hydrogen-bond donors (Lipinski definition) is 1. The number of rotatable bonds is 2. The molecule has 1 nitrogen and oxygen atoms in total. The summed E-state index contributed by atoms with van der Waals surface area (Å²) in [4.78, 5) is 0. The van der Waals surface area contributed by atoms with Crippen molar-refractivity contribution in [2.75, 3.05) is 0 Å². The molecule has 0 aromatic heterocycles. The Labute approximate surface area is 110 Å². The number of fused-ring (bicyclic) bond motifs is 2. The highest BCUT2D eigenvalue weighted by molar-refractivity contribution is 8.00. The summed E-state index contributed by atoms with van der Waals surface area (Å²) in [7, 11) is 0. The van der Waals surface area contributed by atoms with E-state index in [2.05, 4.69) is 17.1 Å². The van der Waals surface area contributed by atoms with E-state index in [1.54, 1.807) is 0 Å². The SMILES string of the molecule is C1CCC(SC2CC3CCC(C2)N3)CC1.Cl. The average molecular weight is 262 g/mol. The maximum absolute atomic E-state index is 3.74. The molecule has 0 spiro atoms. The van der Waals surface area contributed by atoms with E-state index in [4.69, 9.17) is 0 Å². The minimum absolute atomic E-state index is 0. The summed E-state index contributed by atoms with van der Waals surface area (Å²) in [6, 6.07) is 1.76. The minimum atomic E-state index is 0. The van der Waals surface area contributed by atoms with Crippen molar-refractivity contribution in [3.8, 4) is 0 Å². The van der Waals surface area contributed by atoms with Crippen LogP contribution >= 0.6 is 24.2 Å². The standard InChI is InChI=1S/C13H23NS.ClH/c1-2-4-12(5-3-1)15-13-8-10-6-7-11(9-13)14-10;/h10-14H,1-9H2;1H. The van der Waals surface area contributed by atoms with Crippen LogP contribution in [0.25, 0.3) is 0 Å². The second-order valence-corrected chi connectivity index (χ2v) is 7.23. The predicted molar refractivity (Wildman–Crippen MR) is 74.7 cm³/mol. The Morgan fingerprint density at radius 3 is 2.00 bits per heavy atom. The van der Waals surface area contributed by atoms with Crippen LogP contribution in [-0.2, 0) is 0 Å². The summed E-state index contributed by atoms with van der Waals surface area (Å²) >= 11 is 2.35. The van der Waals surface area contributed by atoms with Gasteiger partial charge in [-0.15, -0.1) is 12.4 Å². The molecule has 2 unspecified atom stereocenters. The zero-order valence-electron chi connectivity index (χ0n) is 9.99. The van der Waals surface area contributed by atoms with E-state index in [1.807, 2.05) is 0 Å². The van der Waals surface area contributed by atoms with Crippen LogP contribution in [0.15, 0.2) is 0 Å². The number of thioether (sulfide) groups is 1. The van der Waals surface area contributed by atoms with Gasteiger partial charge in [-0.3, -0.25) is 0 Å². The summed E-state index contributed by atoms with van der Waals surface area (Å²) in [5.74, 6) is 0. The highest BCUT2D eigenvalue weighted by Gasteiger charge is 2.34. The number of piperidine rings is 1. The van der Waals surface area contributed by atoms with E-state index in [9.17, 15) is 0 Å². The Morgan fingerprint density at radius 2 is 1.38 bits per heavy atom. The van der Waals surface area contributed by atoms with Crippen molar-refractivity contribution in [2.45, 2.75) is 80.4 Å². The fraction of sp³-hybridized carbons (Fsp3) is 1.00. The van der Waals surface area contributed by atoms with Gasteiger partial charge in [-0.1, -0.05) is 19.3 Å². The average Bonchev–Trinajstić information content (AvgIpc) is 2.60. The number of nitrogens with one attached hydrogen (secondary N) is 1. The first kappa shape index (κ1) is 13.0. The molecule has 2 aliphatic heterocycles. The van der Waals surface area contributed by atoms with Crippen molar-refractivity contribution in [1.29, 1.82) is 0 Å². The molecule has 3 rings (SSSR count). The third kappa shape index (κ3) is 3.08. The fourth-order valence-corrected chi connectivity index (χ4v) is 5.43. The maximum atomic E-state index is 3.74. The van der Waals surface area contributed by atoms with Crippen molar-refractivity contribution in [3.05, 3.63) is 0 Å². The summed E-state index contributed by atoms with van der Waals surface area (Å²) < 4.78 is 0. The molecule has 1 saturated carbocycles. The van der Waals surface area contributed by atoms with Crippen LogP contribution in [-0.4, -0.2) is 22.6 Å². The van der Waals surface area contributed by atoms with Gasteiger partial charge in [0.05, 0.1) is 0 Å². The Kier molecular flexibility index (Phi) is 4.87. The van der Waals surface area contributed by atoms with Crippen molar-refractivity contribution < 1.29 is 0 Å². The van der Waals surface area contributed by atoms with Gasteiger partial charge >= 0.3 is 0 Å². The first-order chi connectivity index (χ1) is 7.40. The van der Waals surface area contributed by atoms with Crippen LogP contribution in [0.5, 0.6) is 0 Å². The van der Waals surface area contributed by atoms with Gasteiger partial charge in [-0.25, -0.2) is 0 Å². The summed E-state index contributed by atoms with van der Waals surface area (Å²) in [5, 5.41) is 5.75. The Hall–Kier alpha value is 0.600. The van der Waals surface area contributed by atoms with Crippen LogP contribution in [0.4, 0.5) is 0 Å². The van der Waals surface area contributed by atoms with Gasteiger partial charge in [-0.2, -0.15) is 11.8 Å². The molecule has 1 aliphatic carbocycles. The topological polar surface area (TPSA) is 12.0 Å². The van der Waals surface area contributed by atoms with E-state index in [1.165, 1.54) is 57.8 Å². The van der Waals surface area contributed by atoms with E-state index in [0.29, 0.717) is 0 Å².